The van der Waals surface area contributed by atoms with E-state index < -0.39 is 23.5 Å². The van der Waals surface area contributed by atoms with Gasteiger partial charge in [0.25, 0.3) is 0 Å². The zero-order valence-corrected chi connectivity index (χ0v) is 9.64. The fourth-order valence-corrected chi connectivity index (χ4v) is 1.90. The van der Waals surface area contributed by atoms with Crippen molar-refractivity contribution in [2.75, 3.05) is 13.7 Å². The first-order valence-corrected chi connectivity index (χ1v) is 5.14. The van der Waals surface area contributed by atoms with Gasteiger partial charge in [-0.3, -0.25) is 4.79 Å². The van der Waals surface area contributed by atoms with E-state index in [-0.39, 0.29) is 5.70 Å². The van der Waals surface area contributed by atoms with Gasteiger partial charge in [-0.1, -0.05) is 12.2 Å². The standard InChI is InChI=1S/C11H15NO5/c1-3-12-8-6-4-5-7(9(13)14)11(8,17-2)10(15)16/h4-7,12H,3H2,1-2H3,(H,13,14)(H,15,16). The average molecular weight is 241 g/mol. The summed E-state index contributed by atoms with van der Waals surface area (Å²) in [5.74, 6) is -3.83. The van der Waals surface area contributed by atoms with Crippen molar-refractivity contribution in [2.24, 2.45) is 5.92 Å². The minimum Gasteiger partial charge on any atom is -0.481 e. The van der Waals surface area contributed by atoms with E-state index in [1.54, 1.807) is 6.92 Å². The zero-order valence-electron chi connectivity index (χ0n) is 9.64. The van der Waals surface area contributed by atoms with Gasteiger partial charge in [-0.25, -0.2) is 4.79 Å². The Balaban J connectivity index is 3.29. The summed E-state index contributed by atoms with van der Waals surface area (Å²) in [5.41, 5.74) is -1.65. The molecule has 6 nitrogen and oxygen atoms in total. The van der Waals surface area contributed by atoms with Crippen molar-refractivity contribution in [1.29, 1.82) is 0 Å². The number of carbonyl (C=O) groups is 2. The van der Waals surface area contributed by atoms with E-state index in [1.165, 1.54) is 25.3 Å². The molecule has 0 spiro atoms. The van der Waals surface area contributed by atoms with Crippen LogP contribution in [-0.2, 0) is 14.3 Å². The number of hydrogen-bond acceptors (Lipinski definition) is 4. The Morgan fingerprint density at radius 1 is 1.53 bits per heavy atom. The number of methoxy groups -OCH3 is 1. The molecule has 0 radical (unpaired) electrons. The molecule has 0 fully saturated rings. The molecule has 1 rings (SSSR count). The lowest BCUT2D eigenvalue weighted by Gasteiger charge is -2.36. The van der Waals surface area contributed by atoms with Gasteiger partial charge < -0.3 is 20.3 Å². The molecule has 0 aromatic heterocycles. The molecule has 1 aliphatic carbocycles. The van der Waals surface area contributed by atoms with E-state index in [2.05, 4.69) is 5.32 Å². The summed E-state index contributed by atoms with van der Waals surface area (Å²) in [6, 6.07) is 0. The van der Waals surface area contributed by atoms with Gasteiger partial charge in [-0.15, -0.1) is 0 Å². The van der Waals surface area contributed by atoms with Crippen LogP contribution < -0.4 is 5.32 Å². The van der Waals surface area contributed by atoms with Gasteiger partial charge in [0.1, 0.15) is 5.92 Å². The van der Waals surface area contributed by atoms with Crippen molar-refractivity contribution in [3.8, 4) is 0 Å². The highest BCUT2D eigenvalue weighted by Crippen LogP contribution is 2.33. The van der Waals surface area contributed by atoms with E-state index in [4.69, 9.17) is 9.84 Å². The van der Waals surface area contributed by atoms with E-state index in [0.29, 0.717) is 6.54 Å². The Hall–Kier alpha value is -1.82. The number of carboxylic acids is 2. The second kappa shape index (κ2) is 5.01. The maximum atomic E-state index is 11.4. The van der Waals surface area contributed by atoms with Gasteiger partial charge in [0.15, 0.2) is 0 Å². The summed E-state index contributed by atoms with van der Waals surface area (Å²) in [6.45, 7) is 2.27. The van der Waals surface area contributed by atoms with Crippen molar-refractivity contribution >= 4 is 11.9 Å². The third-order valence-electron chi connectivity index (χ3n) is 2.68. The molecule has 2 atom stereocenters. The summed E-state index contributed by atoms with van der Waals surface area (Å²) in [5, 5.41) is 21.2. The minimum atomic E-state index is -1.89. The van der Waals surface area contributed by atoms with Gasteiger partial charge in [-0.05, 0) is 13.0 Å². The highest BCUT2D eigenvalue weighted by molar-refractivity contribution is 5.91. The molecule has 0 saturated carbocycles. The quantitative estimate of drug-likeness (QED) is 0.637. The summed E-state index contributed by atoms with van der Waals surface area (Å²) in [4.78, 5) is 22.5. The van der Waals surface area contributed by atoms with Crippen LogP contribution in [0.2, 0.25) is 0 Å². The first-order chi connectivity index (χ1) is 8.00. The predicted molar refractivity (Wildman–Crippen MR) is 59.4 cm³/mol. The molecule has 17 heavy (non-hydrogen) atoms. The molecule has 0 heterocycles. The Labute approximate surface area is 98.6 Å². The predicted octanol–water partition coefficient (Wildman–Crippen LogP) is 0.220. The van der Waals surface area contributed by atoms with Crippen LogP contribution in [0.5, 0.6) is 0 Å². The van der Waals surface area contributed by atoms with E-state index in [0.717, 1.165) is 0 Å². The van der Waals surface area contributed by atoms with Crippen LogP contribution in [0.3, 0.4) is 0 Å². The molecule has 6 heteroatoms. The smallest absolute Gasteiger partial charge is 0.343 e. The maximum absolute atomic E-state index is 11.4. The van der Waals surface area contributed by atoms with E-state index in [1.807, 2.05) is 0 Å². The summed E-state index contributed by atoms with van der Waals surface area (Å²) in [7, 11) is 1.19. The molecule has 0 bridgehead atoms. The monoisotopic (exact) mass is 241 g/mol. The van der Waals surface area contributed by atoms with Gasteiger partial charge in [-0.2, -0.15) is 0 Å². The summed E-state index contributed by atoms with van der Waals surface area (Å²) < 4.78 is 5.02. The highest BCUT2D eigenvalue weighted by atomic mass is 16.5. The molecule has 0 aromatic carbocycles. The lowest BCUT2D eigenvalue weighted by Crippen LogP contribution is -2.55. The van der Waals surface area contributed by atoms with Crippen molar-refractivity contribution < 1.29 is 24.5 Å². The molecule has 0 amide bonds. The van der Waals surface area contributed by atoms with Crippen molar-refractivity contribution in [3.05, 3.63) is 23.9 Å². The van der Waals surface area contributed by atoms with Gasteiger partial charge in [0, 0.05) is 13.7 Å². The zero-order chi connectivity index (χ0) is 13.1. The lowest BCUT2D eigenvalue weighted by molar-refractivity contribution is -0.170. The fourth-order valence-electron chi connectivity index (χ4n) is 1.90. The minimum absolute atomic E-state index is 0.241. The molecule has 3 N–H and O–H groups in total. The van der Waals surface area contributed by atoms with Crippen LogP contribution >= 0.6 is 0 Å². The molecule has 94 valence electrons. The van der Waals surface area contributed by atoms with Crippen molar-refractivity contribution in [3.63, 3.8) is 0 Å². The molecular formula is C11H15NO5. The van der Waals surface area contributed by atoms with Gasteiger partial charge in [0.05, 0.1) is 5.70 Å². The van der Waals surface area contributed by atoms with Crippen LogP contribution in [0.4, 0.5) is 0 Å². The van der Waals surface area contributed by atoms with Crippen LogP contribution in [0.25, 0.3) is 0 Å². The Kier molecular flexibility index (Phi) is 3.90. The van der Waals surface area contributed by atoms with Gasteiger partial charge >= 0.3 is 11.9 Å². The Morgan fingerprint density at radius 2 is 2.18 bits per heavy atom. The van der Waals surface area contributed by atoms with Crippen molar-refractivity contribution in [1.82, 2.24) is 5.32 Å². The summed E-state index contributed by atoms with van der Waals surface area (Å²) >= 11 is 0. The number of aliphatic carboxylic acids is 2. The maximum Gasteiger partial charge on any atom is 0.343 e. The SMILES string of the molecule is CCNC1=CC=CC(C(=O)O)C1(OC)C(=O)O. The lowest BCUT2D eigenvalue weighted by atomic mass is 9.80. The molecule has 2 unspecified atom stereocenters. The van der Waals surface area contributed by atoms with Crippen molar-refractivity contribution in [2.45, 2.75) is 12.5 Å². The fraction of sp³-hybridized carbons (Fsp3) is 0.455. The number of hydrogen-bond donors (Lipinski definition) is 3. The van der Waals surface area contributed by atoms with Gasteiger partial charge in [0.2, 0.25) is 5.60 Å². The van der Waals surface area contributed by atoms with Crippen LogP contribution in [-0.4, -0.2) is 41.4 Å². The molecule has 0 aliphatic heterocycles. The number of likely N-dealkylation sites (N-methyl/N-ethyl adjacent to an activating group) is 1. The molecule has 0 saturated heterocycles. The second-order valence-electron chi connectivity index (χ2n) is 3.56. The van der Waals surface area contributed by atoms with Crippen LogP contribution in [0.1, 0.15) is 6.92 Å². The molecular weight excluding hydrogens is 226 g/mol. The number of allylic oxidation sites excluding steroid dienone is 2. The third kappa shape index (κ3) is 2.03. The Morgan fingerprint density at radius 3 is 2.59 bits per heavy atom. The molecule has 0 aromatic rings. The summed E-state index contributed by atoms with van der Waals surface area (Å²) in [6.07, 6.45) is 4.33. The number of rotatable bonds is 5. The number of carboxylic acid groups (broad SMARTS) is 2. The third-order valence-corrected chi connectivity index (χ3v) is 2.68. The van der Waals surface area contributed by atoms with Crippen LogP contribution in [0.15, 0.2) is 23.9 Å². The average Bonchev–Trinajstić information content (AvgIpc) is 2.28. The second-order valence-corrected chi connectivity index (χ2v) is 3.56. The highest BCUT2D eigenvalue weighted by Gasteiger charge is 2.53. The largest absolute Gasteiger partial charge is 0.481 e. The molecule has 1 aliphatic rings. The number of ether oxygens (including phenoxy) is 1. The first kappa shape index (κ1) is 13.2. The van der Waals surface area contributed by atoms with E-state index >= 15 is 0 Å². The topological polar surface area (TPSA) is 95.9 Å². The Bertz CT molecular complexity index is 387. The first-order valence-electron chi connectivity index (χ1n) is 5.14. The van der Waals surface area contributed by atoms with Crippen LogP contribution in [0, 0.1) is 5.92 Å². The normalized spacial score (nSPS) is 27.4. The number of nitrogens with one attached hydrogen (secondary N) is 1. The van der Waals surface area contributed by atoms with E-state index in [9.17, 15) is 14.7 Å².